The molecule has 5 aromatic carbocycles. The molecule has 0 aliphatic carbocycles. The number of benzene rings is 5. The van der Waals surface area contributed by atoms with E-state index in [2.05, 4.69) is 67.2 Å². The molecule has 0 fully saturated rings. The van der Waals surface area contributed by atoms with Gasteiger partial charge >= 0.3 is 0 Å². The highest BCUT2D eigenvalue weighted by atomic mass is 16.3. The fraction of sp³-hybridized carbons (Fsp3) is 0.0435. The minimum Gasteiger partial charge on any atom is -0.384 e. The standard InChI is InChI=1S/C23H16O/c1-2-20(24)18-13-12-15-8-4-10-17-16-9-3-6-14-7-5-11-19(21(14)16)23(18)22(15)17/h2-13,20,24H,1H2. The average molecular weight is 308 g/mol. The van der Waals surface area contributed by atoms with Crippen molar-refractivity contribution in [3.8, 4) is 0 Å². The molecule has 0 amide bonds. The van der Waals surface area contributed by atoms with Crippen molar-refractivity contribution in [1.82, 2.24) is 0 Å². The Morgan fingerprint density at radius 3 is 1.92 bits per heavy atom. The van der Waals surface area contributed by atoms with Gasteiger partial charge in [-0.25, -0.2) is 0 Å². The molecular weight excluding hydrogens is 292 g/mol. The van der Waals surface area contributed by atoms with Crippen molar-refractivity contribution >= 4 is 43.1 Å². The Morgan fingerprint density at radius 1 is 0.667 bits per heavy atom. The molecule has 0 saturated heterocycles. The molecule has 1 unspecified atom stereocenters. The second-order valence-electron chi connectivity index (χ2n) is 6.32. The zero-order chi connectivity index (χ0) is 16.3. The van der Waals surface area contributed by atoms with Crippen molar-refractivity contribution in [2.75, 3.05) is 0 Å². The summed E-state index contributed by atoms with van der Waals surface area (Å²) in [4.78, 5) is 0. The summed E-state index contributed by atoms with van der Waals surface area (Å²) >= 11 is 0. The Bertz CT molecular complexity index is 1230. The molecule has 1 atom stereocenters. The van der Waals surface area contributed by atoms with Gasteiger partial charge in [0.2, 0.25) is 0 Å². The lowest BCUT2D eigenvalue weighted by Crippen LogP contribution is -1.96. The highest BCUT2D eigenvalue weighted by Crippen LogP contribution is 2.42. The molecule has 0 aliphatic rings. The highest BCUT2D eigenvalue weighted by molar-refractivity contribution is 6.33. The molecule has 1 N–H and O–H groups in total. The minimum absolute atomic E-state index is 0.669. The molecule has 5 aromatic rings. The van der Waals surface area contributed by atoms with E-state index in [4.69, 9.17) is 0 Å². The molecule has 0 aromatic heterocycles. The Kier molecular flexibility index (Phi) is 2.70. The lowest BCUT2D eigenvalue weighted by atomic mass is 9.86. The number of aliphatic hydroxyl groups is 1. The van der Waals surface area contributed by atoms with Crippen LogP contribution < -0.4 is 0 Å². The number of aliphatic hydroxyl groups excluding tert-OH is 1. The predicted molar refractivity (Wildman–Crippen MR) is 103 cm³/mol. The summed E-state index contributed by atoms with van der Waals surface area (Å²) in [6.07, 6.45) is 0.930. The van der Waals surface area contributed by atoms with Gasteiger partial charge in [-0.05, 0) is 48.7 Å². The quantitative estimate of drug-likeness (QED) is 0.242. The van der Waals surface area contributed by atoms with E-state index in [0.29, 0.717) is 0 Å². The van der Waals surface area contributed by atoms with Gasteiger partial charge < -0.3 is 5.11 Å². The van der Waals surface area contributed by atoms with Crippen LogP contribution in [0.5, 0.6) is 0 Å². The molecule has 114 valence electrons. The van der Waals surface area contributed by atoms with Crippen molar-refractivity contribution in [3.05, 3.63) is 84.9 Å². The first-order valence-corrected chi connectivity index (χ1v) is 8.18. The van der Waals surface area contributed by atoms with E-state index in [9.17, 15) is 5.11 Å². The van der Waals surface area contributed by atoms with Gasteiger partial charge in [0.15, 0.2) is 0 Å². The Morgan fingerprint density at radius 2 is 1.25 bits per heavy atom. The van der Waals surface area contributed by atoms with Crippen LogP contribution in [0.3, 0.4) is 0 Å². The van der Waals surface area contributed by atoms with E-state index in [-0.39, 0.29) is 0 Å². The van der Waals surface area contributed by atoms with E-state index < -0.39 is 6.10 Å². The second kappa shape index (κ2) is 4.80. The van der Waals surface area contributed by atoms with E-state index >= 15 is 0 Å². The normalized spacial score (nSPS) is 13.2. The summed E-state index contributed by atoms with van der Waals surface area (Å²) in [5.74, 6) is 0. The molecule has 5 rings (SSSR count). The molecular formula is C23H16O. The van der Waals surface area contributed by atoms with Crippen LogP contribution in [0.2, 0.25) is 0 Å². The van der Waals surface area contributed by atoms with Gasteiger partial charge in [-0.1, -0.05) is 72.8 Å². The van der Waals surface area contributed by atoms with Crippen LogP contribution in [0, 0.1) is 0 Å². The van der Waals surface area contributed by atoms with Crippen LogP contribution >= 0.6 is 0 Å². The summed E-state index contributed by atoms with van der Waals surface area (Å²) in [6.45, 7) is 3.78. The first-order chi connectivity index (χ1) is 11.8. The number of fused-ring (bicyclic) bond motifs is 2. The van der Waals surface area contributed by atoms with Gasteiger partial charge in [0.05, 0.1) is 6.10 Å². The summed E-state index contributed by atoms with van der Waals surface area (Å²) in [7, 11) is 0. The first-order valence-electron chi connectivity index (χ1n) is 8.18. The van der Waals surface area contributed by atoms with Crippen molar-refractivity contribution in [2.24, 2.45) is 0 Å². The molecule has 1 heteroatoms. The van der Waals surface area contributed by atoms with Crippen LogP contribution in [-0.2, 0) is 0 Å². The SMILES string of the molecule is C=CC(O)c1ccc2cccc3c4cccc5cccc(c1c23)c54. The van der Waals surface area contributed by atoms with Gasteiger partial charge in [-0.3, -0.25) is 0 Å². The zero-order valence-corrected chi connectivity index (χ0v) is 13.2. The molecule has 1 nitrogen and oxygen atoms in total. The van der Waals surface area contributed by atoms with Crippen molar-refractivity contribution in [3.63, 3.8) is 0 Å². The van der Waals surface area contributed by atoms with E-state index in [1.165, 1.54) is 37.7 Å². The first kappa shape index (κ1) is 13.5. The fourth-order valence-corrected chi connectivity index (χ4v) is 4.06. The predicted octanol–water partition coefficient (Wildman–Crippen LogP) is 5.96. The van der Waals surface area contributed by atoms with E-state index in [1.807, 2.05) is 6.07 Å². The van der Waals surface area contributed by atoms with Gasteiger partial charge in [-0.15, -0.1) is 6.58 Å². The monoisotopic (exact) mass is 308 g/mol. The largest absolute Gasteiger partial charge is 0.384 e. The van der Waals surface area contributed by atoms with Crippen LogP contribution in [-0.4, -0.2) is 5.11 Å². The van der Waals surface area contributed by atoms with Crippen LogP contribution in [0.25, 0.3) is 43.1 Å². The van der Waals surface area contributed by atoms with Gasteiger partial charge in [0, 0.05) is 0 Å². The third-order valence-electron chi connectivity index (χ3n) is 5.08. The lowest BCUT2D eigenvalue weighted by molar-refractivity contribution is 0.231. The Balaban J connectivity index is 2.21. The molecule has 0 saturated carbocycles. The van der Waals surface area contributed by atoms with E-state index in [1.54, 1.807) is 6.08 Å². The van der Waals surface area contributed by atoms with Crippen LogP contribution in [0.4, 0.5) is 0 Å². The van der Waals surface area contributed by atoms with Crippen molar-refractivity contribution < 1.29 is 5.11 Å². The van der Waals surface area contributed by atoms with Crippen molar-refractivity contribution in [2.45, 2.75) is 6.10 Å². The minimum atomic E-state index is -0.669. The third kappa shape index (κ3) is 1.62. The van der Waals surface area contributed by atoms with Crippen molar-refractivity contribution in [1.29, 1.82) is 0 Å². The third-order valence-corrected chi connectivity index (χ3v) is 5.08. The molecule has 0 radical (unpaired) electrons. The maximum Gasteiger partial charge on any atom is 0.0975 e. The molecule has 0 heterocycles. The summed E-state index contributed by atoms with van der Waals surface area (Å²) in [6, 6.07) is 23.4. The molecule has 0 aliphatic heterocycles. The molecule has 0 spiro atoms. The van der Waals surface area contributed by atoms with Gasteiger partial charge in [0.1, 0.15) is 0 Å². The lowest BCUT2D eigenvalue weighted by Gasteiger charge is -2.18. The summed E-state index contributed by atoms with van der Waals surface area (Å²) < 4.78 is 0. The van der Waals surface area contributed by atoms with Crippen LogP contribution in [0.15, 0.2) is 79.4 Å². The number of hydrogen-bond donors (Lipinski definition) is 1. The molecule has 0 bridgehead atoms. The fourth-order valence-electron chi connectivity index (χ4n) is 4.06. The zero-order valence-electron chi connectivity index (χ0n) is 13.2. The highest BCUT2D eigenvalue weighted by Gasteiger charge is 2.17. The number of rotatable bonds is 2. The summed E-state index contributed by atoms with van der Waals surface area (Å²) in [5, 5.41) is 20.3. The maximum atomic E-state index is 10.5. The Hall–Kier alpha value is -2.90. The maximum absolute atomic E-state index is 10.5. The second-order valence-corrected chi connectivity index (χ2v) is 6.32. The Labute approximate surface area is 139 Å². The number of hydrogen-bond acceptors (Lipinski definition) is 1. The molecule has 24 heavy (non-hydrogen) atoms. The smallest absolute Gasteiger partial charge is 0.0975 e. The van der Waals surface area contributed by atoms with Gasteiger partial charge in [-0.2, -0.15) is 0 Å². The average Bonchev–Trinajstić information content (AvgIpc) is 2.64. The van der Waals surface area contributed by atoms with E-state index in [0.717, 1.165) is 10.9 Å². The van der Waals surface area contributed by atoms with Gasteiger partial charge in [0.25, 0.3) is 0 Å². The van der Waals surface area contributed by atoms with Crippen LogP contribution in [0.1, 0.15) is 11.7 Å². The topological polar surface area (TPSA) is 20.2 Å². The summed E-state index contributed by atoms with van der Waals surface area (Å²) in [5.41, 5.74) is 0.923.